The van der Waals surface area contributed by atoms with Crippen LogP contribution in [-0.2, 0) is 4.79 Å². The fraction of sp³-hybridized carbons (Fsp3) is 0.500. The first-order valence-corrected chi connectivity index (χ1v) is 6.52. The Morgan fingerprint density at radius 3 is 2.58 bits per heavy atom. The largest absolute Gasteiger partial charge is 0.325 e. The molecule has 1 aliphatic carbocycles. The highest BCUT2D eigenvalue weighted by Crippen LogP contribution is 2.29. The van der Waals surface area contributed by atoms with E-state index < -0.39 is 17.2 Å². The standard InChI is InChI=1S/C14H18F2N2O/c15-10-4-5-12(11(16)8-10)18-13(19)9-14(17)6-2-1-3-7-14/h4-5,8H,1-3,6-7,9,17H2,(H,18,19). The maximum Gasteiger partial charge on any atom is 0.226 e. The number of anilines is 1. The molecule has 0 radical (unpaired) electrons. The summed E-state index contributed by atoms with van der Waals surface area (Å²) in [5.41, 5.74) is 5.67. The maximum absolute atomic E-state index is 13.4. The predicted molar refractivity (Wildman–Crippen MR) is 69.6 cm³/mol. The highest BCUT2D eigenvalue weighted by Gasteiger charge is 2.30. The molecule has 0 heterocycles. The van der Waals surface area contributed by atoms with Crippen LogP contribution in [0.3, 0.4) is 0 Å². The lowest BCUT2D eigenvalue weighted by Crippen LogP contribution is -2.44. The lowest BCUT2D eigenvalue weighted by molar-refractivity contribution is -0.117. The first-order chi connectivity index (χ1) is 8.98. The van der Waals surface area contributed by atoms with Crippen molar-refractivity contribution in [1.29, 1.82) is 0 Å². The van der Waals surface area contributed by atoms with Gasteiger partial charge in [0.2, 0.25) is 5.91 Å². The molecule has 0 atom stereocenters. The number of hydrogen-bond donors (Lipinski definition) is 2. The molecule has 19 heavy (non-hydrogen) atoms. The molecule has 0 aromatic heterocycles. The first-order valence-electron chi connectivity index (χ1n) is 6.52. The minimum atomic E-state index is -0.775. The Labute approximate surface area is 111 Å². The van der Waals surface area contributed by atoms with Crippen molar-refractivity contribution in [2.75, 3.05) is 5.32 Å². The lowest BCUT2D eigenvalue weighted by Gasteiger charge is -2.32. The van der Waals surface area contributed by atoms with E-state index in [0.29, 0.717) is 0 Å². The smallest absolute Gasteiger partial charge is 0.226 e. The minimum Gasteiger partial charge on any atom is -0.325 e. The number of halogens is 2. The number of carbonyl (C=O) groups excluding carboxylic acids is 1. The number of hydrogen-bond acceptors (Lipinski definition) is 2. The average molecular weight is 268 g/mol. The molecule has 1 saturated carbocycles. The van der Waals surface area contributed by atoms with Gasteiger partial charge in [-0.25, -0.2) is 8.78 Å². The van der Waals surface area contributed by atoms with Crippen molar-refractivity contribution in [3.63, 3.8) is 0 Å². The quantitative estimate of drug-likeness (QED) is 0.885. The van der Waals surface area contributed by atoms with Crippen molar-refractivity contribution in [1.82, 2.24) is 0 Å². The molecule has 1 aliphatic rings. The highest BCUT2D eigenvalue weighted by atomic mass is 19.1. The molecule has 104 valence electrons. The van der Waals surface area contributed by atoms with Crippen molar-refractivity contribution in [3.05, 3.63) is 29.8 Å². The number of carbonyl (C=O) groups is 1. The monoisotopic (exact) mass is 268 g/mol. The second-order valence-electron chi connectivity index (χ2n) is 5.27. The third kappa shape index (κ3) is 3.73. The van der Waals surface area contributed by atoms with Gasteiger partial charge in [-0.1, -0.05) is 19.3 Å². The number of nitrogens with one attached hydrogen (secondary N) is 1. The van der Waals surface area contributed by atoms with Crippen LogP contribution in [0, 0.1) is 11.6 Å². The fourth-order valence-corrected chi connectivity index (χ4v) is 2.54. The van der Waals surface area contributed by atoms with Gasteiger partial charge in [-0.3, -0.25) is 4.79 Å². The van der Waals surface area contributed by atoms with Crippen molar-refractivity contribution < 1.29 is 13.6 Å². The molecule has 1 aromatic rings. The molecule has 5 heteroatoms. The van der Waals surface area contributed by atoms with Crippen LogP contribution in [0.5, 0.6) is 0 Å². The van der Waals surface area contributed by atoms with Crippen LogP contribution in [0.25, 0.3) is 0 Å². The van der Waals surface area contributed by atoms with Gasteiger partial charge in [0.15, 0.2) is 0 Å². The van der Waals surface area contributed by atoms with E-state index in [9.17, 15) is 13.6 Å². The van der Waals surface area contributed by atoms with Crippen LogP contribution in [0.1, 0.15) is 38.5 Å². The van der Waals surface area contributed by atoms with E-state index in [1.54, 1.807) is 0 Å². The summed E-state index contributed by atoms with van der Waals surface area (Å²) in [4.78, 5) is 11.9. The van der Waals surface area contributed by atoms with E-state index in [1.165, 1.54) is 6.07 Å². The molecule has 0 bridgehead atoms. The van der Waals surface area contributed by atoms with Crippen LogP contribution >= 0.6 is 0 Å². The molecule has 0 spiro atoms. The van der Waals surface area contributed by atoms with Crippen LogP contribution < -0.4 is 11.1 Å². The molecule has 3 N–H and O–H groups in total. The van der Waals surface area contributed by atoms with Gasteiger partial charge in [0.25, 0.3) is 0 Å². The summed E-state index contributed by atoms with van der Waals surface area (Å²) in [7, 11) is 0. The fourth-order valence-electron chi connectivity index (χ4n) is 2.54. The average Bonchev–Trinajstić information content (AvgIpc) is 2.33. The Morgan fingerprint density at radius 2 is 1.95 bits per heavy atom. The van der Waals surface area contributed by atoms with Crippen molar-refractivity contribution >= 4 is 11.6 Å². The van der Waals surface area contributed by atoms with Gasteiger partial charge in [0.05, 0.1) is 5.69 Å². The van der Waals surface area contributed by atoms with Gasteiger partial charge in [0.1, 0.15) is 11.6 Å². The van der Waals surface area contributed by atoms with Gasteiger partial charge >= 0.3 is 0 Å². The van der Waals surface area contributed by atoms with Crippen molar-refractivity contribution in [2.45, 2.75) is 44.1 Å². The summed E-state index contributed by atoms with van der Waals surface area (Å²) in [5, 5.41) is 2.45. The molecule has 0 aliphatic heterocycles. The molecule has 1 fully saturated rings. The second kappa shape index (κ2) is 5.65. The van der Waals surface area contributed by atoms with E-state index in [0.717, 1.165) is 44.2 Å². The minimum absolute atomic E-state index is 0.00851. The van der Waals surface area contributed by atoms with Crippen molar-refractivity contribution in [3.8, 4) is 0 Å². The van der Waals surface area contributed by atoms with Crippen LogP contribution in [-0.4, -0.2) is 11.4 Å². The molecular formula is C14H18F2N2O. The molecule has 0 unspecified atom stereocenters. The van der Waals surface area contributed by atoms with Gasteiger partial charge in [-0.05, 0) is 25.0 Å². The normalized spacial score (nSPS) is 18.1. The zero-order valence-electron chi connectivity index (χ0n) is 10.7. The molecule has 2 rings (SSSR count). The van der Waals surface area contributed by atoms with Gasteiger partial charge in [-0.15, -0.1) is 0 Å². The van der Waals surface area contributed by atoms with Gasteiger partial charge < -0.3 is 11.1 Å². The third-order valence-corrected chi connectivity index (χ3v) is 3.57. The van der Waals surface area contributed by atoms with Gasteiger partial charge in [0, 0.05) is 18.0 Å². The van der Waals surface area contributed by atoms with E-state index >= 15 is 0 Å². The number of nitrogens with two attached hydrogens (primary N) is 1. The molecule has 3 nitrogen and oxygen atoms in total. The Kier molecular flexibility index (Phi) is 4.14. The Morgan fingerprint density at radius 1 is 1.26 bits per heavy atom. The number of benzene rings is 1. The second-order valence-corrected chi connectivity index (χ2v) is 5.27. The van der Waals surface area contributed by atoms with Gasteiger partial charge in [-0.2, -0.15) is 0 Å². The molecule has 1 aromatic carbocycles. The van der Waals surface area contributed by atoms with E-state index in [1.807, 2.05) is 0 Å². The van der Waals surface area contributed by atoms with E-state index in [2.05, 4.69) is 5.32 Å². The summed E-state index contributed by atoms with van der Waals surface area (Å²) < 4.78 is 26.1. The summed E-state index contributed by atoms with van der Waals surface area (Å²) in [6.07, 6.45) is 4.99. The first kappa shape index (κ1) is 13.9. The van der Waals surface area contributed by atoms with Crippen LogP contribution in [0.15, 0.2) is 18.2 Å². The zero-order valence-corrected chi connectivity index (χ0v) is 10.7. The molecule has 1 amide bonds. The summed E-state index contributed by atoms with van der Waals surface area (Å²) in [6.45, 7) is 0. The third-order valence-electron chi connectivity index (χ3n) is 3.57. The zero-order chi connectivity index (χ0) is 13.9. The summed E-state index contributed by atoms with van der Waals surface area (Å²) >= 11 is 0. The Hall–Kier alpha value is -1.49. The Bertz CT molecular complexity index is 471. The predicted octanol–water partition coefficient (Wildman–Crippen LogP) is 2.96. The molecular weight excluding hydrogens is 250 g/mol. The topological polar surface area (TPSA) is 55.1 Å². The SMILES string of the molecule is NC1(CC(=O)Nc2ccc(F)cc2F)CCCCC1. The highest BCUT2D eigenvalue weighted by molar-refractivity contribution is 5.91. The van der Waals surface area contributed by atoms with Crippen LogP contribution in [0.4, 0.5) is 14.5 Å². The van der Waals surface area contributed by atoms with Crippen molar-refractivity contribution in [2.24, 2.45) is 5.73 Å². The summed E-state index contributed by atoms with van der Waals surface area (Å²) in [6, 6.07) is 3.07. The van der Waals surface area contributed by atoms with Crippen LogP contribution in [0.2, 0.25) is 0 Å². The number of amides is 1. The van der Waals surface area contributed by atoms with E-state index in [4.69, 9.17) is 5.73 Å². The number of rotatable bonds is 3. The van der Waals surface area contributed by atoms with E-state index in [-0.39, 0.29) is 18.0 Å². The lowest BCUT2D eigenvalue weighted by atomic mass is 9.80. The molecule has 0 saturated heterocycles. The maximum atomic E-state index is 13.4. The summed E-state index contributed by atoms with van der Waals surface area (Å²) in [5.74, 6) is -1.77. The Balaban J connectivity index is 1.97.